The summed E-state index contributed by atoms with van der Waals surface area (Å²) < 4.78 is 0. The van der Waals surface area contributed by atoms with Gasteiger partial charge in [-0.2, -0.15) is 0 Å². The maximum atomic E-state index is 12.1. The fourth-order valence-electron chi connectivity index (χ4n) is 3.46. The van der Waals surface area contributed by atoms with Gasteiger partial charge in [-0.15, -0.1) is 0 Å². The number of fused-ring (bicyclic) bond motifs is 1. The van der Waals surface area contributed by atoms with Crippen LogP contribution in [0.25, 0.3) is 0 Å². The van der Waals surface area contributed by atoms with Crippen molar-refractivity contribution in [2.24, 2.45) is 11.8 Å². The standard InChI is InChI=1S/C18H27N3O/c1-14(2)11-18(22)21-9-7-20(8-10-21)13-15-12-19-17-6-4-3-5-16(15)17/h3-6,12,14,16-17,19H,7-11,13H2,1-2H3. The van der Waals surface area contributed by atoms with Gasteiger partial charge in [0.25, 0.3) is 0 Å². The topological polar surface area (TPSA) is 35.6 Å². The largest absolute Gasteiger partial charge is 0.384 e. The number of amides is 1. The minimum absolute atomic E-state index is 0.316. The molecule has 3 aliphatic rings. The lowest BCUT2D eigenvalue weighted by atomic mass is 9.91. The summed E-state index contributed by atoms with van der Waals surface area (Å²) in [5, 5.41) is 3.46. The van der Waals surface area contributed by atoms with Gasteiger partial charge in [-0.25, -0.2) is 0 Å². The molecular formula is C18H27N3O. The lowest BCUT2D eigenvalue weighted by Gasteiger charge is -2.36. The molecule has 1 aliphatic carbocycles. The minimum Gasteiger partial charge on any atom is -0.384 e. The third-order valence-electron chi connectivity index (χ3n) is 4.74. The molecule has 0 radical (unpaired) electrons. The highest BCUT2D eigenvalue weighted by Gasteiger charge is 2.29. The average Bonchev–Trinajstić information content (AvgIpc) is 2.91. The number of piperazine rings is 1. The van der Waals surface area contributed by atoms with E-state index in [0.717, 1.165) is 32.7 Å². The van der Waals surface area contributed by atoms with E-state index in [1.165, 1.54) is 5.57 Å². The van der Waals surface area contributed by atoms with E-state index in [2.05, 4.69) is 54.6 Å². The van der Waals surface area contributed by atoms with Gasteiger partial charge in [-0.05, 0) is 17.7 Å². The second-order valence-corrected chi connectivity index (χ2v) is 6.96. The molecule has 2 unspecified atom stereocenters. The zero-order valence-electron chi connectivity index (χ0n) is 13.7. The SMILES string of the molecule is CC(C)CC(=O)N1CCN(CC2=CNC3C=CC=CC23)CC1. The second-order valence-electron chi connectivity index (χ2n) is 6.96. The third kappa shape index (κ3) is 3.43. The fourth-order valence-corrected chi connectivity index (χ4v) is 3.46. The Morgan fingerprint density at radius 2 is 1.95 bits per heavy atom. The van der Waals surface area contributed by atoms with E-state index in [0.29, 0.717) is 30.2 Å². The van der Waals surface area contributed by atoms with Crippen LogP contribution in [-0.4, -0.2) is 54.5 Å². The average molecular weight is 301 g/mol. The Balaban J connectivity index is 1.47. The molecule has 2 aliphatic heterocycles. The van der Waals surface area contributed by atoms with Crippen LogP contribution in [0.5, 0.6) is 0 Å². The fraction of sp³-hybridized carbons (Fsp3) is 0.611. The van der Waals surface area contributed by atoms with Gasteiger partial charge in [0.2, 0.25) is 5.91 Å². The van der Waals surface area contributed by atoms with Crippen molar-refractivity contribution in [3.63, 3.8) is 0 Å². The Morgan fingerprint density at radius 3 is 2.68 bits per heavy atom. The summed E-state index contributed by atoms with van der Waals surface area (Å²) in [7, 11) is 0. The van der Waals surface area contributed by atoms with Crippen LogP contribution in [0.1, 0.15) is 20.3 Å². The van der Waals surface area contributed by atoms with Gasteiger partial charge in [-0.3, -0.25) is 9.69 Å². The first-order valence-electron chi connectivity index (χ1n) is 8.43. The van der Waals surface area contributed by atoms with Crippen molar-refractivity contribution in [1.82, 2.24) is 15.1 Å². The maximum Gasteiger partial charge on any atom is 0.222 e. The van der Waals surface area contributed by atoms with Gasteiger partial charge in [0.15, 0.2) is 0 Å². The van der Waals surface area contributed by atoms with Crippen molar-refractivity contribution in [2.45, 2.75) is 26.3 Å². The molecule has 2 atom stereocenters. The summed E-state index contributed by atoms with van der Waals surface area (Å²) in [6.07, 6.45) is 11.6. The Bertz CT molecular complexity index is 498. The first-order valence-corrected chi connectivity index (χ1v) is 8.43. The Labute approximate surface area is 133 Å². The molecule has 120 valence electrons. The third-order valence-corrected chi connectivity index (χ3v) is 4.74. The van der Waals surface area contributed by atoms with Crippen molar-refractivity contribution in [2.75, 3.05) is 32.7 Å². The molecule has 1 fully saturated rings. The monoisotopic (exact) mass is 301 g/mol. The van der Waals surface area contributed by atoms with Crippen LogP contribution < -0.4 is 5.32 Å². The van der Waals surface area contributed by atoms with E-state index in [1.807, 2.05) is 4.90 Å². The molecule has 4 heteroatoms. The molecule has 1 amide bonds. The summed E-state index contributed by atoms with van der Waals surface area (Å²) in [5.74, 6) is 1.27. The highest BCUT2D eigenvalue weighted by molar-refractivity contribution is 5.76. The van der Waals surface area contributed by atoms with Crippen molar-refractivity contribution in [3.8, 4) is 0 Å². The van der Waals surface area contributed by atoms with E-state index >= 15 is 0 Å². The highest BCUT2D eigenvalue weighted by Crippen LogP contribution is 2.27. The summed E-state index contributed by atoms with van der Waals surface area (Å²) in [5.41, 5.74) is 1.47. The maximum absolute atomic E-state index is 12.1. The lowest BCUT2D eigenvalue weighted by molar-refractivity contribution is -0.133. The molecule has 0 saturated carbocycles. The van der Waals surface area contributed by atoms with Crippen molar-refractivity contribution >= 4 is 5.91 Å². The number of rotatable bonds is 4. The molecule has 3 rings (SSSR count). The molecule has 2 heterocycles. The number of nitrogens with zero attached hydrogens (tertiary/aromatic N) is 2. The Hall–Kier alpha value is -1.55. The summed E-state index contributed by atoms with van der Waals surface area (Å²) in [4.78, 5) is 16.6. The van der Waals surface area contributed by atoms with Crippen LogP contribution in [0, 0.1) is 11.8 Å². The van der Waals surface area contributed by atoms with Gasteiger partial charge in [0.1, 0.15) is 0 Å². The van der Waals surface area contributed by atoms with Crippen molar-refractivity contribution in [3.05, 3.63) is 36.1 Å². The number of carbonyl (C=O) groups excluding carboxylic acids is 1. The molecule has 0 aromatic heterocycles. The van der Waals surface area contributed by atoms with Gasteiger partial charge in [-0.1, -0.05) is 38.2 Å². The van der Waals surface area contributed by atoms with Crippen LogP contribution in [0.3, 0.4) is 0 Å². The van der Waals surface area contributed by atoms with E-state index in [9.17, 15) is 4.79 Å². The molecule has 0 aromatic rings. The smallest absolute Gasteiger partial charge is 0.222 e. The molecule has 0 bridgehead atoms. The van der Waals surface area contributed by atoms with E-state index < -0.39 is 0 Å². The predicted molar refractivity (Wildman–Crippen MR) is 89.3 cm³/mol. The first kappa shape index (κ1) is 15.3. The molecule has 1 saturated heterocycles. The number of hydrogen-bond acceptors (Lipinski definition) is 3. The van der Waals surface area contributed by atoms with E-state index in [1.54, 1.807) is 0 Å². The van der Waals surface area contributed by atoms with Gasteiger partial charge in [0.05, 0.1) is 6.04 Å². The van der Waals surface area contributed by atoms with Crippen molar-refractivity contribution in [1.29, 1.82) is 0 Å². The van der Waals surface area contributed by atoms with E-state index in [-0.39, 0.29) is 0 Å². The molecule has 0 aromatic carbocycles. The predicted octanol–water partition coefficient (Wildman–Crippen LogP) is 1.77. The second kappa shape index (κ2) is 6.69. The zero-order chi connectivity index (χ0) is 15.5. The molecule has 22 heavy (non-hydrogen) atoms. The highest BCUT2D eigenvalue weighted by atomic mass is 16.2. The Kier molecular flexibility index (Phi) is 4.67. The van der Waals surface area contributed by atoms with Crippen LogP contribution in [0.15, 0.2) is 36.1 Å². The van der Waals surface area contributed by atoms with Crippen LogP contribution in [-0.2, 0) is 4.79 Å². The van der Waals surface area contributed by atoms with Gasteiger partial charge < -0.3 is 10.2 Å². The first-order chi connectivity index (χ1) is 10.6. The summed E-state index contributed by atoms with van der Waals surface area (Å²) >= 11 is 0. The van der Waals surface area contributed by atoms with Crippen LogP contribution in [0.4, 0.5) is 0 Å². The van der Waals surface area contributed by atoms with Gasteiger partial charge in [0, 0.05) is 45.1 Å². The molecule has 0 spiro atoms. The minimum atomic E-state index is 0.316. The van der Waals surface area contributed by atoms with Crippen LogP contribution in [0.2, 0.25) is 0 Å². The zero-order valence-corrected chi connectivity index (χ0v) is 13.7. The van der Waals surface area contributed by atoms with Crippen molar-refractivity contribution < 1.29 is 4.79 Å². The van der Waals surface area contributed by atoms with E-state index in [4.69, 9.17) is 0 Å². The molecular weight excluding hydrogens is 274 g/mol. The normalized spacial score (nSPS) is 27.8. The quantitative estimate of drug-likeness (QED) is 0.860. The molecule has 1 N–H and O–H groups in total. The lowest BCUT2D eigenvalue weighted by Crippen LogP contribution is -2.49. The Morgan fingerprint density at radius 1 is 1.23 bits per heavy atom. The number of carbonyl (C=O) groups is 1. The number of allylic oxidation sites excluding steroid dienone is 2. The number of hydrogen-bond donors (Lipinski definition) is 1. The number of nitrogens with one attached hydrogen (secondary N) is 1. The van der Waals surface area contributed by atoms with Gasteiger partial charge >= 0.3 is 0 Å². The summed E-state index contributed by atoms with van der Waals surface area (Å²) in [6, 6.07) is 0.439. The summed E-state index contributed by atoms with van der Waals surface area (Å²) in [6.45, 7) is 8.94. The molecule has 4 nitrogen and oxygen atoms in total. The van der Waals surface area contributed by atoms with Crippen LogP contribution >= 0.6 is 0 Å².